The van der Waals surface area contributed by atoms with Crippen molar-refractivity contribution in [3.8, 4) is 0 Å². The van der Waals surface area contributed by atoms with Crippen molar-refractivity contribution in [1.29, 1.82) is 0 Å². The molecule has 1 aromatic carbocycles. The molecular formula is C15H25ClN2. The molecule has 0 radical (unpaired) electrons. The maximum atomic E-state index is 5.81. The lowest BCUT2D eigenvalue weighted by Crippen LogP contribution is -2.34. The molecular weight excluding hydrogens is 244 g/mol. The summed E-state index contributed by atoms with van der Waals surface area (Å²) in [7, 11) is 2.24. The maximum Gasteiger partial charge on any atom is 0.0317 e. The van der Waals surface area contributed by atoms with Crippen LogP contribution in [-0.2, 0) is 6.54 Å². The zero-order valence-electron chi connectivity index (χ0n) is 11.4. The fraction of sp³-hybridized carbons (Fsp3) is 0.600. The molecule has 0 unspecified atom stereocenters. The Morgan fingerprint density at radius 3 is 2.50 bits per heavy atom. The predicted octanol–water partition coefficient (Wildman–Crippen LogP) is 3.70. The average Bonchev–Trinajstić information content (AvgIpc) is 2.29. The van der Waals surface area contributed by atoms with Gasteiger partial charge in [-0.15, -0.1) is 12.4 Å². The molecule has 1 aliphatic rings. The summed E-state index contributed by atoms with van der Waals surface area (Å²) >= 11 is 0. The van der Waals surface area contributed by atoms with Crippen molar-refractivity contribution in [2.24, 2.45) is 5.92 Å². The summed E-state index contributed by atoms with van der Waals surface area (Å²) in [6.45, 7) is 3.39. The highest BCUT2D eigenvalue weighted by atomic mass is 35.5. The van der Waals surface area contributed by atoms with E-state index in [0.29, 0.717) is 0 Å². The third kappa shape index (κ3) is 4.18. The second-order valence-corrected chi connectivity index (χ2v) is 5.57. The van der Waals surface area contributed by atoms with Crippen molar-refractivity contribution in [3.63, 3.8) is 0 Å². The number of nitrogens with zero attached hydrogens (tertiary/aromatic N) is 1. The molecule has 18 heavy (non-hydrogen) atoms. The monoisotopic (exact) mass is 268 g/mol. The summed E-state index contributed by atoms with van der Waals surface area (Å²) in [5, 5.41) is 0. The van der Waals surface area contributed by atoms with Crippen molar-refractivity contribution in [3.05, 3.63) is 29.8 Å². The van der Waals surface area contributed by atoms with E-state index >= 15 is 0 Å². The summed E-state index contributed by atoms with van der Waals surface area (Å²) in [4.78, 5) is 2.49. The van der Waals surface area contributed by atoms with Crippen molar-refractivity contribution < 1.29 is 0 Å². The van der Waals surface area contributed by atoms with Gasteiger partial charge in [0.15, 0.2) is 0 Å². The van der Waals surface area contributed by atoms with Gasteiger partial charge < -0.3 is 5.73 Å². The molecule has 2 N–H and O–H groups in total. The van der Waals surface area contributed by atoms with Crippen molar-refractivity contribution in [2.45, 2.75) is 45.2 Å². The van der Waals surface area contributed by atoms with Gasteiger partial charge in [0.2, 0.25) is 0 Å². The second-order valence-electron chi connectivity index (χ2n) is 5.57. The first kappa shape index (κ1) is 15.3. The van der Waals surface area contributed by atoms with Crippen LogP contribution in [-0.4, -0.2) is 18.0 Å². The highest BCUT2D eigenvalue weighted by molar-refractivity contribution is 5.85. The Morgan fingerprint density at radius 2 is 1.89 bits per heavy atom. The Kier molecular flexibility index (Phi) is 5.97. The van der Waals surface area contributed by atoms with Gasteiger partial charge in [-0.05, 0) is 56.3 Å². The molecule has 1 aromatic rings. The van der Waals surface area contributed by atoms with Gasteiger partial charge in [0, 0.05) is 18.3 Å². The molecule has 1 saturated carbocycles. The van der Waals surface area contributed by atoms with Crippen LogP contribution in [0.1, 0.15) is 38.2 Å². The SMILES string of the molecule is CC1CCC(N(C)Cc2cccc(N)c2)CC1.Cl. The molecule has 0 atom stereocenters. The highest BCUT2D eigenvalue weighted by Crippen LogP contribution is 2.27. The Balaban J connectivity index is 0.00000162. The Morgan fingerprint density at radius 1 is 1.22 bits per heavy atom. The molecule has 2 rings (SSSR count). The summed E-state index contributed by atoms with van der Waals surface area (Å²) in [6.07, 6.45) is 5.46. The number of hydrogen-bond donors (Lipinski definition) is 1. The van der Waals surface area contributed by atoms with Crippen LogP contribution in [0.25, 0.3) is 0 Å². The van der Waals surface area contributed by atoms with E-state index in [0.717, 1.165) is 24.2 Å². The number of benzene rings is 1. The van der Waals surface area contributed by atoms with Crippen molar-refractivity contribution in [1.82, 2.24) is 4.90 Å². The number of rotatable bonds is 3. The van der Waals surface area contributed by atoms with Crippen LogP contribution in [0.5, 0.6) is 0 Å². The molecule has 0 aliphatic heterocycles. The normalized spacial score (nSPS) is 23.7. The minimum absolute atomic E-state index is 0. The quantitative estimate of drug-likeness (QED) is 0.847. The van der Waals surface area contributed by atoms with Gasteiger partial charge in [-0.3, -0.25) is 4.90 Å². The molecule has 1 fully saturated rings. The van der Waals surface area contributed by atoms with Crippen LogP contribution in [0.4, 0.5) is 5.69 Å². The molecule has 1 aliphatic carbocycles. The Labute approximate surface area is 117 Å². The number of nitrogen functional groups attached to an aromatic ring is 1. The lowest BCUT2D eigenvalue weighted by molar-refractivity contribution is 0.164. The summed E-state index contributed by atoms with van der Waals surface area (Å²) in [5.74, 6) is 0.923. The Bertz CT molecular complexity index is 359. The average molecular weight is 269 g/mol. The van der Waals surface area contributed by atoms with Gasteiger partial charge >= 0.3 is 0 Å². The molecule has 0 spiro atoms. The molecule has 0 bridgehead atoms. The predicted molar refractivity (Wildman–Crippen MR) is 81.0 cm³/mol. The zero-order valence-corrected chi connectivity index (χ0v) is 12.2. The largest absolute Gasteiger partial charge is 0.399 e. The van der Waals surface area contributed by atoms with E-state index in [1.54, 1.807) is 0 Å². The lowest BCUT2D eigenvalue weighted by Gasteiger charge is -2.33. The molecule has 3 heteroatoms. The smallest absolute Gasteiger partial charge is 0.0317 e. The molecule has 0 saturated heterocycles. The topological polar surface area (TPSA) is 29.3 Å². The van der Waals surface area contributed by atoms with Gasteiger partial charge in [0.05, 0.1) is 0 Å². The standard InChI is InChI=1S/C15H24N2.ClH/c1-12-6-8-15(9-7-12)17(2)11-13-4-3-5-14(16)10-13;/h3-5,10,12,15H,6-9,11,16H2,1-2H3;1H. The van der Waals surface area contributed by atoms with Gasteiger partial charge in [-0.25, -0.2) is 0 Å². The van der Waals surface area contributed by atoms with Crippen LogP contribution in [0.3, 0.4) is 0 Å². The minimum atomic E-state index is 0. The fourth-order valence-corrected chi connectivity index (χ4v) is 2.79. The number of halogens is 1. The van der Waals surface area contributed by atoms with E-state index < -0.39 is 0 Å². The van der Waals surface area contributed by atoms with Crippen LogP contribution in [0.15, 0.2) is 24.3 Å². The van der Waals surface area contributed by atoms with E-state index in [2.05, 4.69) is 31.0 Å². The maximum absolute atomic E-state index is 5.81. The van der Waals surface area contributed by atoms with Gasteiger partial charge in [0.25, 0.3) is 0 Å². The molecule has 0 aromatic heterocycles. The summed E-state index contributed by atoms with van der Waals surface area (Å²) in [5.41, 5.74) is 8.01. The minimum Gasteiger partial charge on any atom is -0.399 e. The molecule has 2 nitrogen and oxygen atoms in total. The first-order chi connectivity index (χ1) is 8.15. The van der Waals surface area contributed by atoms with Crippen molar-refractivity contribution in [2.75, 3.05) is 12.8 Å². The third-order valence-corrected chi connectivity index (χ3v) is 3.99. The first-order valence-electron chi connectivity index (χ1n) is 6.70. The first-order valence-corrected chi connectivity index (χ1v) is 6.70. The van der Waals surface area contributed by atoms with Gasteiger partial charge in [-0.2, -0.15) is 0 Å². The second kappa shape index (κ2) is 7.01. The van der Waals surface area contributed by atoms with Crippen LogP contribution >= 0.6 is 12.4 Å². The molecule has 0 amide bonds. The summed E-state index contributed by atoms with van der Waals surface area (Å²) < 4.78 is 0. The van der Waals surface area contributed by atoms with Crippen LogP contribution in [0, 0.1) is 5.92 Å². The molecule has 102 valence electrons. The lowest BCUT2D eigenvalue weighted by atomic mass is 9.86. The van der Waals surface area contributed by atoms with Crippen LogP contribution in [0.2, 0.25) is 0 Å². The molecule has 0 heterocycles. The van der Waals surface area contributed by atoms with E-state index in [9.17, 15) is 0 Å². The van der Waals surface area contributed by atoms with E-state index in [-0.39, 0.29) is 12.4 Å². The van der Waals surface area contributed by atoms with Crippen LogP contribution < -0.4 is 5.73 Å². The van der Waals surface area contributed by atoms with E-state index in [1.807, 2.05) is 12.1 Å². The zero-order chi connectivity index (χ0) is 12.3. The Hall–Kier alpha value is -0.730. The van der Waals surface area contributed by atoms with Gasteiger partial charge in [0.1, 0.15) is 0 Å². The van der Waals surface area contributed by atoms with E-state index in [4.69, 9.17) is 5.73 Å². The third-order valence-electron chi connectivity index (χ3n) is 3.99. The van der Waals surface area contributed by atoms with E-state index in [1.165, 1.54) is 31.2 Å². The number of anilines is 1. The fourth-order valence-electron chi connectivity index (χ4n) is 2.79. The number of hydrogen-bond acceptors (Lipinski definition) is 2. The number of nitrogens with two attached hydrogens (primary N) is 1. The highest BCUT2D eigenvalue weighted by Gasteiger charge is 2.21. The van der Waals surface area contributed by atoms with Crippen molar-refractivity contribution >= 4 is 18.1 Å². The van der Waals surface area contributed by atoms with Gasteiger partial charge in [-0.1, -0.05) is 19.1 Å². The summed E-state index contributed by atoms with van der Waals surface area (Å²) in [6, 6.07) is 9.00.